The van der Waals surface area contributed by atoms with Gasteiger partial charge in [-0.05, 0) is 30.5 Å². The quantitative estimate of drug-likeness (QED) is 0.463. The van der Waals surface area contributed by atoms with Crippen molar-refractivity contribution in [2.24, 2.45) is 0 Å². The molecule has 0 aliphatic heterocycles. The molecule has 0 aliphatic rings. The Labute approximate surface area is 168 Å². The predicted molar refractivity (Wildman–Crippen MR) is 103 cm³/mol. The Bertz CT molecular complexity index is 1210. The normalized spacial score (nSPS) is 11.6. The molecule has 0 saturated heterocycles. The van der Waals surface area contributed by atoms with E-state index in [0.717, 1.165) is 10.8 Å². The second kappa shape index (κ2) is 7.58. The van der Waals surface area contributed by atoms with Crippen LogP contribution in [0.5, 0.6) is 5.75 Å². The second-order valence-electron chi connectivity index (χ2n) is 6.56. The summed E-state index contributed by atoms with van der Waals surface area (Å²) in [7, 11) is 0. The van der Waals surface area contributed by atoms with Crippen LogP contribution in [-0.4, -0.2) is 16.1 Å². The lowest BCUT2D eigenvalue weighted by Gasteiger charge is -2.08. The number of halogens is 3. The number of alkyl halides is 3. The Hall–Kier alpha value is -3.75. The Morgan fingerprint density at radius 1 is 1.13 bits per heavy atom. The number of hydrogen-bond donors (Lipinski definition) is 2. The first kappa shape index (κ1) is 19.6. The average Bonchev–Trinajstić information content (AvgIpc) is 3.33. The number of furan rings is 1. The van der Waals surface area contributed by atoms with Crippen LogP contribution in [0.4, 0.5) is 18.9 Å². The molecule has 0 unspecified atom stereocenters. The Balaban J connectivity index is 1.47. The first-order valence-corrected chi connectivity index (χ1v) is 8.95. The molecule has 9 heteroatoms. The summed E-state index contributed by atoms with van der Waals surface area (Å²) in [6.07, 6.45) is -4.70. The van der Waals surface area contributed by atoms with Crippen LogP contribution in [0.25, 0.3) is 10.8 Å². The van der Waals surface area contributed by atoms with Crippen LogP contribution in [-0.2, 0) is 12.8 Å². The number of hydrogen-bond acceptors (Lipinski definition) is 4. The van der Waals surface area contributed by atoms with Crippen LogP contribution in [0.2, 0.25) is 0 Å². The molecule has 30 heavy (non-hydrogen) atoms. The smallest absolute Gasteiger partial charge is 0.437 e. The molecule has 4 rings (SSSR count). The van der Waals surface area contributed by atoms with Gasteiger partial charge in [-0.15, -0.1) is 0 Å². The summed E-state index contributed by atoms with van der Waals surface area (Å²) >= 11 is 0. The fourth-order valence-corrected chi connectivity index (χ4v) is 3.01. The Kier molecular flexibility index (Phi) is 4.94. The number of nitrogens with zero attached hydrogens (tertiary/aromatic N) is 1. The number of carbonyl (C=O) groups excluding carboxylic acids is 1. The number of carbonyl (C=O) groups is 1. The van der Waals surface area contributed by atoms with Gasteiger partial charge in [0.15, 0.2) is 11.5 Å². The molecule has 6 nitrogen and oxygen atoms in total. The zero-order chi connectivity index (χ0) is 21.3. The number of benzene rings is 2. The fourth-order valence-electron chi connectivity index (χ4n) is 3.01. The van der Waals surface area contributed by atoms with Crippen LogP contribution in [0, 0.1) is 6.92 Å². The summed E-state index contributed by atoms with van der Waals surface area (Å²) in [6.45, 7) is 1.43. The van der Waals surface area contributed by atoms with Gasteiger partial charge in [-0.25, -0.2) is 0 Å². The maximum atomic E-state index is 13.0. The minimum absolute atomic E-state index is 0.0554. The van der Waals surface area contributed by atoms with Gasteiger partial charge in [0.05, 0.1) is 11.4 Å². The van der Waals surface area contributed by atoms with Crippen LogP contribution in [0.15, 0.2) is 59.0 Å². The highest BCUT2D eigenvalue weighted by Crippen LogP contribution is 2.35. The van der Waals surface area contributed by atoms with Crippen molar-refractivity contribution in [3.05, 3.63) is 77.5 Å². The van der Waals surface area contributed by atoms with Crippen molar-refractivity contribution in [1.29, 1.82) is 0 Å². The molecule has 4 aromatic rings. The van der Waals surface area contributed by atoms with E-state index in [9.17, 15) is 18.0 Å². The summed E-state index contributed by atoms with van der Waals surface area (Å²) in [5.74, 6) is 0.0500. The molecule has 2 aromatic heterocycles. The van der Waals surface area contributed by atoms with Gasteiger partial charge in [0.25, 0.3) is 5.91 Å². The van der Waals surface area contributed by atoms with E-state index in [2.05, 4.69) is 15.5 Å². The van der Waals surface area contributed by atoms with Gasteiger partial charge in [-0.3, -0.25) is 9.89 Å². The molecule has 154 valence electrons. The van der Waals surface area contributed by atoms with Crippen molar-refractivity contribution >= 4 is 22.4 Å². The molecular formula is C21H16F3N3O3. The number of H-pyrrole nitrogens is 1. The molecule has 0 saturated carbocycles. The maximum absolute atomic E-state index is 13.0. The van der Waals surface area contributed by atoms with Crippen LogP contribution >= 0.6 is 0 Å². The van der Waals surface area contributed by atoms with E-state index in [1.165, 1.54) is 19.1 Å². The van der Waals surface area contributed by atoms with Crippen molar-refractivity contribution in [2.75, 3.05) is 5.32 Å². The standard InChI is InChI=1S/C21H16F3N3O3/c1-12-18(19(27-26-12)21(22,23)24)25-20(28)17-10-9-14(30-17)11-29-16-8-4-6-13-5-2-3-7-15(13)16/h2-10H,11H2,1H3,(H,25,28)(H,26,27). The summed E-state index contributed by atoms with van der Waals surface area (Å²) in [5.41, 5.74) is -1.54. The lowest BCUT2D eigenvalue weighted by atomic mass is 10.1. The highest BCUT2D eigenvalue weighted by Gasteiger charge is 2.38. The van der Waals surface area contributed by atoms with E-state index in [1.54, 1.807) is 0 Å². The number of amides is 1. The van der Waals surface area contributed by atoms with Crippen molar-refractivity contribution in [1.82, 2.24) is 10.2 Å². The molecule has 0 atom stereocenters. The summed E-state index contributed by atoms with van der Waals surface area (Å²) < 4.78 is 50.3. The van der Waals surface area contributed by atoms with Crippen molar-refractivity contribution < 1.29 is 27.1 Å². The third-order valence-electron chi connectivity index (χ3n) is 4.46. The van der Waals surface area contributed by atoms with Crippen LogP contribution < -0.4 is 10.1 Å². The molecule has 0 fully saturated rings. The lowest BCUT2D eigenvalue weighted by Crippen LogP contribution is -2.16. The van der Waals surface area contributed by atoms with E-state index in [4.69, 9.17) is 9.15 Å². The van der Waals surface area contributed by atoms with Gasteiger partial charge < -0.3 is 14.5 Å². The fraction of sp³-hybridized carbons (Fsp3) is 0.143. The number of aromatic nitrogens is 2. The summed E-state index contributed by atoms with van der Waals surface area (Å²) in [6, 6.07) is 16.3. The van der Waals surface area contributed by atoms with E-state index in [-0.39, 0.29) is 18.1 Å². The van der Waals surface area contributed by atoms with Gasteiger partial charge >= 0.3 is 6.18 Å². The van der Waals surface area contributed by atoms with Gasteiger partial charge in [0, 0.05) is 5.39 Å². The van der Waals surface area contributed by atoms with E-state index >= 15 is 0 Å². The number of fused-ring (bicyclic) bond motifs is 1. The highest BCUT2D eigenvalue weighted by atomic mass is 19.4. The monoisotopic (exact) mass is 415 g/mol. The minimum atomic E-state index is -4.70. The average molecular weight is 415 g/mol. The van der Waals surface area contributed by atoms with Gasteiger partial charge in [-0.2, -0.15) is 18.3 Å². The molecular weight excluding hydrogens is 399 g/mol. The van der Waals surface area contributed by atoms with Crippen molar-refractivity contribution in [3.8, 4) is 5.75 Å². The molecule has 1 amide bonds. The highest BCUT2D eigenvalue weighted by molar-refractivity contribution is 6.03. The molecule has 2 aromatic carbocycles. The second-order valence-corrected chi connectivity index (χ2v) is 6.56. The SMILES string of the molecule is Cc1[nH]nc(C(F)(F)F)c1NC(=O)c1ccc(COc2cccc3ccccc23)o1. The topological polar surface area (TPSA) is 80.2 Å². The molecule has 0 radical (unpaired) electrons. The largest absolute Gasteiger partial charge is 0.485 e. The molecule has 0 aliphatic carbocycles. The molecule has 0 bridgehead atoms. The summed E-state index contributed by atoms with van der Waals surface area (Å²) in [4.78, 5) is 12.4. The number of ether oxygens (including phenoxy) is 1. The van der Waals surface area contributed by atoms with Crippen molar-refractivity contribution in [2.45, 2.75) is 19.7 Å². The first-order chi connectivity index (χ1) is 14.3. The van der Waals surface area contributed by atoms with Crippen LogP contribution in [0.1, 0.15) is 27.7 Å². The maximum Gasteiger partial charge on any atom is 0.437 e. The Morgan fingerprint density at radius 3 is 2.70 bits per heavy atom. The number of aromatic amines is 1. The minimum Gasteiger partial charge on any atom is -0.485 e. The van der Waals surface area contributed by atoms with E-state index in [1.807, 2.05) is 42.5 Å². The lowest BCUT2D eigenvalue weighted by molar-refractivity contribution is -0.140. The third kappa shape index (κ3) is 3.86. The predicted octanol–water partition coefficient (Wildman–Crippen LogP) is 5.31. The van der Waals surface area contributed by atoms with Crippen molar-refractivity contribution in [3.63, 3.8) is 0 Å². The number of anilines is 1. The van der Waals surface area contributed by atoms with E-state index < -0.39 is 23.5 Å². The third-order valence-corrected chi connectivity index (χ3v) is 4.46. The van der Waals surface area contributed by atoms with Gasteiger partial charge in [0.1, 0.15) is 18.1 Å². The zero-order valence-electron chi connectivity index (χ0n) is 15.7. The van der Waals surface area contributed by atoms with Gasteiger partial charge in [-0.1, -0.05) is 36.4 Å². The zero-order valence-corrected chi connectivity index (χ0v) is 15.7. The van der Waals surface area contributed by atoms with Gasteiger partial charge in [0.2, 0.25) is 0 Å². The van der Waals surface area contributed by atoms with E-state index in [0.29, 0.717) is 11.5 Å². The van der Waals surface area contributed by atoms with Crippen LogP contribution in [0.3, 0.4) is 0 Å². The number of nitrogens with one attached hydrogen (secondary N) is 2. The Morgan fingerprint density at radius 2 is 1.90 bits per heavy atom. The first-order valence-electron chi connectivity index (χ1n) is 8.95. The number of rotatable bonds is 5. The summed E-state index contributed by atoms with van der Waals surface area (Å²) in [5, 5.41) is 9.59. The molecule has 2 N–H and O–H groups in total. The molecule has 0 spiro atoms. The number of aryl methyl sites for hydroxylation is 1. The molecule has 2 heterocycles.